The van der Waals surface area contributed by atoms with Crippen molar-refractivity contribution in [1.29, 1.82) is 0 Å². The number of nitrogens with two attached hydrogens (primary N) is 1. The second-order valence-electron chi connectivity index (χ2n) is 5.07. The predicted octanol–water partition coefficient (Wildman–Crippen LogP) is 2.90. The lowest BCUT2D eigenvalue weighted by Crippen LogP contribution is -2.11. The topological polar surface area (TPSA) is 67.6 Å². The molecule has 1 unspecified atom stereocenters. The van der Waals surface area contributed by atoms with Gasteiger partial charge in [0, 0.05) is 18.7 Å². The fourth-order valence-electron chi connectivity index (χ4n) is 2.36. The number of benzene rings is 1. The van der Waals surface area contributed by atoms with Gasteiger partial charge in [0.05, 0.1) is 5.52 Å². The van der Waals surface area contributed by atoms with Crippen LogP contribution in [-0.2, 0) is 6.42 Å². The number of fused-ring (bicyclic) bond motifs is 1. The number of aromatic amines is 1. The molecule has 0 saturated heterocycles. The van der Waals surface area contributed by atoms with Crippen molar-refractivity contribution in [2.45, 2.75) is 25.8 Å². The molecule has 0 spiro atoms. The van der Waals surface area contributed by atoms with E-state index in [-0.39, 0.29) is 6.04 Å². The highest BCUT2D eigenvalue weighted by Gasteiger charge is 2.09. The molecule has 0 fully saturated rings. The van der Waals surface area contributed by atoms with Gasteiger partial charge in [-0.3, -0.25) is 0 Å². The van der Waals surface area contributed by atoms with E-state index in [2.05, 4.69) is 34.0 Å². The molecule has 0 bridgehead atoms. The van der Waals surface area contributed by atoms with Gasteiger partial charge in [0.1, 0.15) is 5.82 Å². The lowest BCUT2D eigenvalue weighted by atomic mass is 10.0. The van der Waals surface area contributed by atoms with Gasteiger partial charge < -0.3 is 10.7 Å². The van der Waals surface area contributed by atoms with Crippen molar-refractivity contribution in [3.63, 3.8) is 0 Å². The summed E-state index contributed by atoms with van der Waals surface area (Å²) in [5.41, 5.74) is 10.4. The molecular weight excluding hydrogens is 248 g/mol. The Morgan fingerprint density at radius 2 is 2.00 bits per heavy atom. The number of hydrogen-bond donors (Lipinski definition) is 2. The zero-order valence-electron chi connectivity index (χ0n) is 11.5. The molecule has 2 aromatic heterocycles. The van der Waals surface area contributed by atoms with E-state index in [1.807, 2.05) is 24.3 Å². The molecule has 0 aliphatic rings. The zero-order valence-corrected chi connectivity index (χ0v) is 11.5. The molecule has 0 aliphatic carbocycles. The first-order valence-electron chi connectivity index (χ1n) is 6.85. The van der Waals surface area contributed by atoms with Crippen LogP contribution in [0.3, 0.4) is 0 Å². The molecule has 0 aliphatic heterocycles. The summed E-state index contributed by atoms with van der Waals surface area (Å²) < 4.78 is 0. The summed E-state index contributed by atoms with van der Waals surface area (Å²) in [5.74, 6) is 0.952. The number of aryl methyl sites for hydroxylation is 2. The number of pyridine rings is 1. The van der Waals surface area contributed by atoms with E-state index in [1.54, 1.807) is 6.20 Å². The largest absolute Gasteiger partial charge is 0.340 e. The first-order chi connectivity index (χ1) is 9.74. The van der Waals surface area contributed by atoms with E-state index < -0.39 is 0 Å². The second-order valence-corrected chi connectivity index (χ2v) is 5.07. The number of nitrogens with zero attached hydrogens (tertiary/aromatic N) is 2. The van der Waals surface area contributed by atoms with Crippen molar-refractivity contribution < 1.29 is 0 Å². The third kappa shape index (κ3) is 2.56. The lowest BCUT2D eigenvalue weighted by molar-refractivity contribution is 0.638. The molecule has 4 heteroatoms. The lowest BCUT2D eigenvalue weighted by Gasteiger charge is -2.10. The maximum absolute atomic E-state index is 6.21. The van der Waals surface area contributed by atoms with Gasteiger partial charge in [-0.15, -0.1) is 0 Å². The van der Waals surface area contributed by atoms with E-state index in [0.29, 0.717) is 0 Å². The van der Waals surface area contributed by atoms with Crippen LogP contribution in [0.25, 0.3) is 11.2 Å². The molecule has 1 aromatic carbocycles. The molecule has 4 nitrogen and oxygen atoms in total. The van der Waals surface area contributed by atoms with Gasteiger partial charge in [0.2, 0.25) is 0 Å². The van der Waals surface area contributed by atoms with Gasteiger partial charge in [-0.25, -0.2) is 9.97 Å². The predicted molar refractivity (Wildman–Crippen MR) is 80.3 cm³/mol. The van der Waals surface area contributed by atoms with Gasteiger partial charge in [-0.2, -0.15) is 0 Å². The Kier molecular flexibility index (Phi) is 3.48. The van der Waals surface area contributed by atoms with E-state index >= 15 is 0 Å². The molecule has 3 rings (SSSR count). The van der Waals surface area contributed by atoms with Crippen molar-refractivity contribution >= 4 is 11.2 Å². The van der Waals surface area contributed by atoms with Gasteiger partial charge in [0.15, 0.2) is 5.65 Å². The number of imidazole rings is 1. The Balaban J connectivity index is 1.72. The van der Waals surface area contributed by atoms with Crippen molar-refractivity contribution in [3.8, 4) is 0 Å². The highest BCUT2D eigenvalue weighted by atomic mass is 15.0. The Morgan fingerprint density at radius 1 is 1.20 bits per heavy atom. The average Bonchev–Trinajstić information content (AvgIpc) is 2.90. The summed E-state index contributed by atoms with van der Waals surface area (Å²) in [6.07, 6.45) is 3.48. The summed E-state index contributed by atoms with van der Waals surface area (Å²) in [4.78, 5) is 12.1. The highest BCUT2D eigenvalue weighted by molar-refractivity contribution is 5.74. The normalized spacial score (nSPS) is 12.7. The van der Waals surface area contributed by atoms with E-state index in [0.717, 1.165) is 35.4 Å². The molecule has 20 heavy (non-hydrogen) atoms. The van der Waals surface area contributed by atoms with Crippen LogP contribution in [0.2, 0.25) is 0 Å². The number of rotatable bonds is 4. The monoisotopic (exact) mass is 266 g/mol. The van der Waals surface area contributed by atoms with E-state index in [9.17, 15) is 0 Å². The van der Waals surface area contributed by atoms with Crippen LogP contribution in [0.5, 0.6) is 0 Å². The van der Waals surface area contributed by atoms with Crippen molar-refractivity contribution in [2.75, 3.05) is 0 Å². The third-order valence-corrected chi connectivity index (χ3v) is 3.57. The third-order valence-electron chi connectivity index (χ3n) is 3.57. The Hall–Kier alpha value is -2.20. The molecular formula is C16H18N4. The molecule has 3 N–H and O–H groups in total. The van der Waals surface area contributed by atoms with Crippen molar-refractivity contribution in [1.82, 2.24) is 15.0 Å². The SMILES string of the molecule is Cc1ccnc2nc(CCC(N)c3ccccc3)[nH]c12. The second kappa shape index (κ2) is 5.43. The molecule has 2 heterocycles. The standard InChI is InChI=1S/C16H18N4/c1-11-9-10-18-16-15(11)19-14(20-16)8-7-13(17)12-5-3-2-4-6-12/h2-6,9-10,13H,7-8,17H2,1H3,(H,18,19,20). The first kappa shape index (κ1) is 12.8. The van der Waals surface area contributed by atoms with Crippen LogP contribution in [0, 0.1) is 6.92 Å². The quantitative estimate of drug-likeness (QED) is 0.763. The highest BCUT2D eigenvalue weighted by Crippen LogP contribution is 2.18. The summed E-state index contributed by atoms with van der Waals surface area (Å²) in [6.45, 7) is 2.06. The molecule has 0 radical (unpaired) electrons. The van der Waals surface area contributed by atoms with Crippen LogP contribution in [0.1, 0.15) is 29.4 Å². The number of H-pyrrole nitrogens is 1. The van der Waals surface area contributed by atoms with E-state index in [1.165, 1.54) is 5.56 Å². The van der Waals surface area contributed by atoms with Crippen LogP contribution in [0.15, 0.2) is 42.6 Å². The van der Waals surface area contributed by atoms with Gasteiger partial charge in [-0.05, 0) is 30.5 Å². The molecule has 3 aromatic rings. The average molecular weight is 266 g/mol. The molecule has 1 atom stereocenters. The minimum absolute atomic E-state index is 0.0402. The summed E-state index contributed by atoms with van der Waals surface area (Å²) >= 11 is 0. The summed E-state index contributed by atoms with van der Waals surface area (Å²) in [6, 6.07) is 12.2. The molecule has 0 saturated carbocycles. The number of hydrogen-bond acceptors (Lipinski definition) is 3. The minimum atomic E-state index is 0.0402. The Bertz CT molecular complexity index is 703. The molecule has 102 valence electrons. The van der Waals surface area contributed by atoms with Crippen LogP contribution >= 0.6 is 0 Å². The Labute approximate surface area is 118 Å². The van der Waals surface area contributed by atoms with Crippen LogP contribution < -0.4 is 5.73 Å². The minimum Gasteiger partial charge on any atom is -0.340 e. The van der Waals surface area contributed by atoms with Crippen LogP contribution in [0.4, 0.5) is 0 Å². The molecule has 0 amide bonds. The summed E-state index contributed by atoms with van der Waals surface area (Å²) in [7, 11) is 0. The fraction of sp³-hybridized carbons (Fsp3) is 0.250. The first-order valence-corrected chi connectivity index (χ1v) is 6.85. The maximum Gasteiger partial charge on any atom is 0.177 e. The van der Waals surface area contributed by atoms with Gasteiger partial charge >= 0.3 is 0 Å². The van der Waals surface area contributed by atoms with Crippen LogP contribution in [-0.4, -0.2) is 15.0 Å². The smallest absolute Gasteiger partial charge is 0.177 e. The van der Waals surface area contributed by atoms with Gasteiger partial charge in [-0.1, -0.05) is 30.3 Å². The number of aromatic nitrogens is 3. The summed E-state index contributed by atoms with van der Waals surface area (Å²) in [5, 5.41) is 0. The fourth-order valence-corrected chi connectivity index (χ4v) is 2.36. The number of nitrogens with one attached hydrogen (secondary N) is 1. The van der Waals surface area contributed by atoms with Crippen molar-refractivity contribution in [3.05, 3.63) is 59.5 Å². The maximum atomic E-state index is 6.21. The zero-order chi connectivity index (χ0) is 13.9. The van der Waals surface area contributed by atoms with E-state index in [4.69, 9.17) is 5.73 Å². The van der Waals surface area contributed by atoms with Gasteiger partial charge in [0.25, 0.3) is 0 Å². The Morgan fingerprint density at radius 3 is 2.75 bits per heavy atom. The van der Waals surface area contributed by atoms with Crippen molar-refractivity contribution in [2.24, 2.45) is 5.73 Å².